The molecule has 3 aromatic heterocycles. The van der Waals surface area contributed by atoms with Crippen molar-refractivity contribution in [3.63, 3.8) is 0 Å². The number of nitrogens with zero attached hydrogens (tertiary/aromatic N) is 3. The number of benzene rings is 7. The molecule has 0 spiro atoms. The summed E-state index contributed by atoms with van der Waals surface area (Å²) in [5.41, 5.74) is 9.73. The van der Waals surface area contributed by atoms with Gasteiger partial charge in [0.25, 0.3) is 6.71 Å². The lowest BCUT2D eigenvalue weighted by atomic mass is 9.35. The number of para-hydroxylation sites is 5. The molecular formula is C46H30BN3S. The number of hydrogen-bond acceptors (Lipinski definition) is 2. The van der Waals surface area contributed by atoms with Gasteiger partial charge < -0.3 is 0 Å². The lowest BCUT2D eigenvalue weighted by Crippen LogP contribution is -2.57. The van der Waals surface area contributed by atoms with Crippen molar-refractivity contribution in [1.29, 1.82) is 0 Å². The molecule has 10 aromatic rings. The predicted molar refractivity (Wildman–Crippen MR) is 219 cm³/mol. The van der Waals surface area contributed by atoms with Crippen LogP contribution in [0.1, 0.15) is 0 Å². The molecular weight excluding hydrogens is 637 g/mol. The van der Waals surface area contributed by atoms with E-state index >= 15 is 0 Å². The molecule has 0 atom stereocenters. The van der Waals surface area contributed by atoms with Crippen molar-refractivity contribution in [2.45, 2.75) is 0 Å². The molecule has 0 N–H and O–H groups in total. The fourth-order valence-electron chi connectivity index (χ4n) is 8.51. The van der Waals surface area contributed by atoms with Crippen molar-refractivity contribution in [3.05, 3.63) is 182 Å². The summed E-state index contributed by atoms with van der Waals surface area (Å²) >= 11 is 1.88. The number of aromatic nitrogens is 2. The van der Waals surface area contributed by atoms with Crippen LogP contribution in [0, 0.1) is 0 Å². The first-order valence-corrected chi connectivity index (χ1v) is 18.3. The van der Waals surface area contributed by atoms with Gasteiger partial charge in [-0.2, -0.15) is 0 Å². The number of rotatable bonds is 4. The van der Waals surface area contributed by atoms with Gasteiger partial charge in [0.1, 0.15) is 11.6 Å². The van der Waals surface area contributed by atoms with Crippen LogP contribution in [0.3, 0.4) is 0 Å². The topological polar surface area (TPSA) is 13.1 Å². The van der Waals surface area contributed by atoms with Gasteiger partial charge >= 0.3 is 0 Å². The summed E-state index contributed by atoms with van der Waals surface area (Å²) < 4.78 is 7.62. The molecule has 51 heavy (non-hydrogen) atoms. The monoisotopic (exact) mass is 667 g/mol. The third-order valence-electron chi connectivity index (χ3n) is 10.6. The van der Waals surface area contributed by atoms with Crippen molar-refractivity contribution < 1.29 is 0 Å². The van der Waals surface area contributed by atoms with Crippen LogP contribution in [0.15, 0.2) is 182 Å². The Morgan fingerprint density at radius 1 is 0.373 bits per heavy atom. The zero-order chi connectivity index (χ0) is 33.5. The van der Waals surface area contributed by atoms with Gasteiger partial charge in [-0.3, -0.25) is 14.0 Å². The average molecular weight is 668 g/mol. The van der Waals surface area contributed by atoms with E-state index in [1.807, 2.05) is 11.3 Å². The van der Waals surface area contributed by atoms with Gasteiger partial charge in [-0.05, 0) is 87.7 Å². The van der Waals surface area contributed by atoms with Crippen LogP contribution in [-0.2, 0) is 0 Å². The van der Waals surface area contributed by atoms with Crippen LogP contribution in [0.25, 0.3) is 53.4 Å². The highest BCUT2D eigenvalue weighted by atomic mass is 32.1. The second-order valence-corrected chi connectivity index (χ2v) is 14.4. The third-order valence-corrected chi connectivity index (χ3v) is 11.7. The second kappa shape index (κ2) is 11.1. The summed E-state index contributed by atoms with van der Waals surface area (Å²) in [6.45, 7) is -0.0391. The molecule has 7 aromatic carbocycles. The van der Waals surface area contributed by atoms with E-state index in [0.717, 1.165) is 17.1 Å². The molecule has 1 aliphatic heterocycles. The van der Waals surface area contributed by atoms with E-state index in [9.17, 15) is 0 Å². The molecule has 11 rings (SSSR count). The lowest BCUT2D eigenvalue weighted by molar-refractivity contribution is 1.02. The van der Waals surface area contributed by atoms with Gasteiger partial charge in [-0.15, -0.1) is 11.3 Å². The summed E-state index contributed by atoms with van der Waals surface area (Å²) in [7, 11) is 0. The van der Waals surface area contributed by atoms with Gasteiger partial charge in [0.05, 0.1) is 11.0 Å². The van der Waals surface area contributed by atoms with Crippen LogP contribution >= 0.6 is 11.3 Å². The lowest BCUT2D eigenvalue weighted by Gasteiger charge is -2.36. The predicted octanol–water partition coefficient (Wildman–Crippen LogP) is 10.2. The van der Waals surface area contributed by atoms with Crippen LogP contribution in [0.4, 0.5) is 17.3 Å². The van der Waals surface area contributed by atoms with Gasteiger partial charge in [0, 0.05) is 31.8 Å². The Bertz CT molecular complexity index is 2800. The molecule has 0 amide bonds. The number of thiophene rings is 1. The quantitative estimate of drug-likeness (QED) is 0.170. The van der Waals surface area contributed by atoms with E-state index in [0.29, 0.717) is 0 Å². The first-order valence-electron chi connectivity index (χ1n) is 17.5. The molecule has 0 aliphatic carbocycles. The SMILES string of the molecule is c1ccc(N2c3c(c4ccccc4n3-c3ccccc3)B(c3ccc4sc5ccccc5c4c3)c3c2n(-c2ccccc2)c2ccccc32)cc1. The largest absolute Gasteiger partial charge is 0.296 e. The molecule has 0 fully saturated rings. The van der Waals surface area contributed by atoms with E-state index < -0.39 is 0 Å². The molecule has 3 nitrogen and oxygen atoms in total. The van der Waals surface area contributed by atoms with E-state index in [2.05, 4.69) is 196 Å². The Morgan fingerprint density at radius 2 is 0.824 bits per heavy atom. The minimum absolute atomic E-state index is 0.0391. The van der Waals surface area contributed by atoms with Gasteiger partial charge in [0.15, 0.2) is 0 Å². The van der Waals surface area contributed by atoms with Crippen LogP contribution in [0.5, 0.6) is 0 Å². The first kappa shape index (κ1) is 28.5. The van der Waals surface area contributed by atoms with Crippen molar-refractivity contribution >= 4 is 93.7 Å². The van der Waals surface area contributed by atoms with Crippen molar-refractivity contribution in [2.75, 3.05) is 4.90 Å². The second-order valence-electron chi connectivity index (χ2n) is 13.3. The van der Waals surface area contributed by atoms with E-state index in [-0.39, 0.29) is 6.71 Å². The molecule has 238 valence electrons. The van der Waals surface area contributed by atoms with Crippen LogP contribution in [-0.4, -0.2) is 15.8 Å². The average Bonchev–Trinajstić information content (AvgIpc) is 3.86. The number of hydrogen-bond donors (Lipinski definition) is 0. The Balaban J connectivity index is 1.36. The molecule has 0 saturated heterocycles. The summed E-state index contributed by atoms with van der Waals surface area (Å²) in [4.78, 5) is 2.53. The van der Waals surface area contributed by atoms with E-state index in [1.165, 1.54) is 70.0 Å². The van der Waals surface area contributed by atoms with Crippen molar-refractivity contribution in [3.8, 4) is 11.4 Å². The number of fused-ring (bicyclic) bond motifs is 9. The highest BCUT2D eigenvalue weighted by Crippen LogP contribution is 2.45. The van der Waals surface area contributed by atoms with Crippen LogP contribution < -0.4 is 21.3 Å². The number of anilines is 3. The maximum absolute atomic E-state index is 2.53. The molecule has 0 saturated carbocycles. The third kappa shape index (κ3) is 4.13. The fourth-order valence-corrected chi connectivity index (χ4v) is 9.60. The zero-order valence-corrected chi connectivity index (χ0v) is 28.5. The minimum Gasteiger partial charge on any atom is -0.296 e. The van der Waals surface area contributed by atoms with Crippen molar-refractivity contribution in [1.82, 2.24) is 9.13 Å². The summed E-state index contributed by atoms with van der Waals surface area (Å²) in [5.74, 6) is 2.34. The Hall–Kier alpha value is -6.30. The Labute approximate surface area is 299 Å². The maximum atomic E-state index is 2.53. The zero-order valence-electron chi connectivity index (χ0n) is 27.6. The van der Waals surface area contributed by atoms with E-state index in [1.54, 1.807) is 0 Å². The fraction of sp³-hybridized carbons (Fsp3) is 0. The van der Waals surface area contributed by atoms with Gasteiger partial charge in [0.2, 0.25) is 0 Å². The molecule has 0 unspecified atom stereocenters. The molecule has 4 heterocycles. The van der Waals surface area contributed by atoms with E-state index in [4.69, 9.17) is 0 Å². The Morgan fingerprint density at radius 3 is 1.39 bits per heavy atom. The summed E-state index contributed by atoms with van der Waals surface area (Å²) in [5, 5.41) is 5.17. The maximum Gasteiger partial charge on any atom is 0.252 e. The van der Waals surface area contributed by atoms with Gasteiger partial charge in [-0.25, -0.2) is 0 Å². The summed E-state index contributed by atoms with van der Waals surface area (Å²) in [6, 6.07) is 66.6. The standard InChI is InChI=1S/C46H30BN3S/c1-4-16-32(17-5-1)48-39-25-13-10-23-36(39)43-45(48)50(34-20-8-3-9-21-34)46-44(37-24-11-14-26-40(37)49(46)33-18-6-2-7-19-33)47(43)31-28-29-42-38(30-31)35-22-12-15-27-41(35)51-42/h1-30H. The molecule has 0 radical (unpaired) electrons. The highest BCUT2D eigenvalue weighted by molar-refractivity contribution is 7.25. The smallest absolute Gasteiger partial charge is 0.252 e. The summed E-state index contributed by atoms with van der Waals surface area (Å²) in [6.07, 6.45) is 0. The molecule has 0 bridgehead atoms. The normalized spacial score (nSPS) is 12.6. The first-order chi connectivity index (χ1) is 25.3. The van der Waals surface area contributed by atoms with Gasteiger partial charge in [-0.1, -0.05) is 127 Å². The molecule has 1 aliphatic rings. The van der Waals surface area contributed by atoms with Crippen LogP contribution in [0.2, 0.25) is 0 Å². The van der Waals surface area contributed by atoms with Crippen molar-refractivity contribution in [2.24, 2.45) is 0 Å². The molecule has 5 heteroatoms. The minimum atomic E-state index is -0.0391. The highest BCUT2D eigenvalue weighted by Gasteiger charge is 2.44. The Kier molecular flexibility index (Phi) is 6.22.